The van der Waals surface area contributed by atoms with Crippen LogP contribution in [0, 0.1) is 0 Å². The summed E-state index contributed by atoms with van der Waals surface area (Å²) in [5, 5.41) is 12.4. The molecule has 1 N–H and O–H groups in total. The molecule has 0 aliphatic rings. The second-order valence-electron chi connectivity index (χ2n) is 7.87. The largest absolute Gasteiger partial charge is 0.478 e. The van der Waals surface area contributed by atoms with Gasteiger partial charge < -0.3 is 5.11 Å². The van der Waals surface area contributed by atoms with Crippen molar-refractivity contribution in [2.75, 3.05) is 0 Å². The summed E-state index contributed by atoms with van der Waals surface area (Å²) in [4.78, 5) is 16.8. The van der Waals surface area contributed by atoms with E-state index in [2.05, 4.69) is 32.9 Å². The molecule has 0 fully saturated rings. The predicted octanol–water partition coefficient (Wildman–Crippen LogP) is 6.05. The van der Waals surface area contributed by atoms with Crippen molar-refractivity contribution in [3.8, 4) is 11.3 Å². The van der Waals surface area contributed by atoms with Gasteiger partial charge in [-0.15, -0.1) is 0 Å². The normalized spacial score (nSPS) is 11.8. The van der Waals surface area contributed by atoms with E-state index in [-0.39, 0.29) is 11.0 Å². The maximum absolute atomic E-state index is 12.0. The van der Waals surface area contributed by atoms with Crippen LogP contribution in [0.1, 0.15) is 36.7 Å². The van der Waals surface area contributed by atoms with E-state index in [0.717, 1.165) is 16.3 Å². The first-order chi connectivity index (χ1) is 12.8. The van der Waals surface area contributed by atoms with Crippen LogP contribution in [0.4, 0.5) is 0 Å². The number of carboxylic acid groups (broad SMARTS) is 1. The molecule has 0 unspecified atom stereocenters. The second kappa shape index (κ2) is 6.20. The Kier molecular flexibility index (Phi) is 3.96. The third kappa shape index (κ3) is 3.06. The van der Waals surface area contributed by atoms with E-state index in [9.17, 15) is 9.90 Å². The van der Waals surface area contributed by atoms with Crippen LogP contribution in [0.2, 0.25) is 0 Å². The molecule has 0 aliphatic carbocycles. The highest BCUT2D eigenvalue weighted by Gasteiger charge is 2.17. The van der Waals surface area contributed by atoms with Gasteiger partial charge in [0.2, 0.25) is 0 Å². The number of aromatic nitrogens is 1. The van der Waals surface area contributed by atoms with Gasteiger partial charge in [-0.3, -0.25) is 0 Å². The zero-order valence-electron chi connectivity index (χ0n) is 15.7. The van der Waals surface area contributed by atoms with E-state index in [0.29, 0.717) is 16.6 Å². The summed E-state index contributed by atoms with van der Waals surface area (Å²) >= 11 is 0. The number of aromatic carboxylic acids is 1. The molecule has 4 aromatic rings. The number of benzene rings is 3. The molecule has 3 aromatic carbocycles. The predicted molar refractivity (Wildman–Crippen MR) is 110 cm³/mol. The summed E-state index contributed by atoms with van der Waals surface area (Å²) in [6.45, 7) is 6.51. The Labute approximate surface area is 158 Å². The number of fused-ring (bicyclic) bond motifs is 3. The van der Waals surface area contributed by atoms with Gasteiger partial charge in [-0.05, 0) is 33.9 Å². The lowest BCUT2D eigenvalue weighted by atomic mass is 9.86. The van der Waals surface area contributed by atoms with Crippen LogP contribution in [-0.4, -0.2) is 16.1 Å². The number of pyridine rings is 1. The van der Waals surface area contributed by atoms with Crippen molar-refractivity contribution in [3.05, 3.63) is 77.9 Å². The smallest absolute Gasteiger partial charge is 0.336 e. The first-order valence-corrected chi connectivity index (χ1v) is 9.01. The molecule has 0 radical (unpaired) electrons. The lowest BCUT2D eigenvalue weighted by molar-refractivity contribution is 0.0699. The fourth-order valence-corrected chi connectivity index (χ4v) is 3.46. The fraction of sp³-hybridized carbons (Fsp3) is 0.167. The third-order valence-corrected chi connectivity index (χ3v) is 4.98. The minimum Gasteiger partial charge on any atom is -0.478 e. The summed E-state index contributed by atoms with van der Waals surface area (Å²) in [6.07, 6.45) is 0. The van der Waals surface area contributed by atoms with E-state index in [4.69, 9.17) is 4.98 Å². The van der Waals surface area contributed by atoms with Gasteiger partial charge in [0.25, 0.3) is 0 Å². The van der Waals surface area contributed by atoms with Crippen LogP contribution in [0.5, 0.6) is 0 Å². The maximum atomic E-state index is 12.0. The van der Waals surface area contributed by atoms with Gasteiger partial charge in [-0.1, -0.05) is 75.4 Å². The van der Waals surface area contributed by atoms with E-state index in [1.54, 1.807) is 6.07 Å². The highest BCUT2D eigenvalue weighted by atomic mass is 16.4. The van der Waals surface area contributed by atoms with Crippen molar-refractivity contribution in [2.45, 2.75) is 26.2 Å². The summed E-state index contributed by atoms with van der Waals surface area (Å²) in [6, 6.07) is 21.6. The molecule has 3 heteroatoms. The minimum atomic E-state index is -0.939. The van der Waals surface area contributed by atoms with Crippen LogP contribution in [0.3, 0.4) is 0 Å². The van der Waals surface area contributed by atoms with Gasteiger partial charge in [0, 0.05) is 10.9 Å². The maximum Gasteiger partial charge on any atom is 0.336 e. The van der Waals surface area contributed by atoms with Crippen LogP contribution >= 0.6 is 0 Å². The summed E-state index contributed by atoms with van der Waals surface area (Å²) in [5.74, 6) is -0.939. The van der Waals surface area contributed by atoms with E-state index in [1.165, 1.54) is 5.56 Å². The number of carboxylic acids is 1. The van der Waals surface area contributed by atoms with Crippen LogP contribution in [0.15, 0.2) is 66.7 Å². The monoisotopic (exact) mass is 355 g/mol. The molecular formula is C24H21NO2. The highest BCUT2D eigenvalue weighted by molar-refractivity contribution is 6.15. The Morgan fingerprint density at radius 2 is 1.63 bits per heavy atom. The van der Waals surface area contributed by atoms with Gasteiger partial charge in [0.15, 0.2) is 0 Å². The first kappa shape index (κ1) is 17.2. The van der Waals surface area contributed by atoms with E-state index < -0.39 is 5.97 Å². The molecule has 3 nitrogen and oxygen atoms in total. The van der Waals surface area contributed by atoms with Crippen molar-refractivity contribution in [1.82, 2.24) is 4.98 Å². The highest BCUT2D eigenvalue weighted by Crippen LogP contribution is 2.32. The topological polar surface area (TPSA) is 50.2 Å². The first-order valence-electron chi connectivity index (χ1n) is 9.01. The summed E-state index contributed by atoms with van der Waals surface area (Å²) in [5.41, 5.74) is 3.88. The number of rotatable bonds is 2. The molecule has 0 bridgehead atoms. The molecular weight excluding hydrogens is 334 g/mol. The lowest BCUT2D eigenvalue weighted by Gasteiger charge is -2.19. The summed E-state index contributed by atoms with van der Waals surface area (Å²) in [7, 11) is 0. The average Bonchev–Trinajstić information content (AvgIpc) is 2.66. The van der Waals surface area contributed by atoms with Crippen molar-refractivity contribution < 1.29 is 9.90 Å². The molecule has 27 heavy (non-hydrogen) atoms. The van der Waals surface area contributed by atoms with Gasteiger partial charge in [-0.2, -0.15) is 0 Å². The number of hydrogen-bond acceptors (Lipinski definition) is 2. The molecule has 0 saturated carbocycles. The third-order valence-electron chi connectivity index (χ3n) is 4.98. The zero-order chi connectivity index (χ0) is 19.2. The van der Waals surface area contributed by atoms with Crippen molar-refractivity contribution in [2.24, 2.45) is 0 Å². The molecule has 0 saturated heterocycles. The zero-order valence-corrected chi connectivity index (χ0v) is 15.7. The minimum absolute atomic E-state index is 0.0699. The van der Waals surface area contributed by atoms with Gasteiger partial charge >= 0.3 is 5.97 Å². The Morgan fingerprint density at radius 3 is 2.30 bits per heavy atom. The lowest BCUT2D eigenvalue weighted by Crippen LogP contribution is -2.10. The van der Waals surface area contributed by atoms with Crippen LogP contribution < -0.4 is 0 Å². The van der Waals surface area contributed by atoms with E-state index in [1.807, 2.05) is 48.5 Å². The van der Waals surface area contributed by atoms with Crippen molar-refractivity contribution in [3.63, 3.8) is 0 Å². The van der Waals surface area contributed by atoms with Crippen LogP contribution in [-0.2, 0) is 5.41 Å². The molecule has 0 spiro atoms. The Hall–Kier alpha value is -3.20. The fourth-order valence-electron chi connectivity index (χ4n) is 3.46. The second-order valence-corrected chi connectivity index (χ2v) is 7.87. The molecule has 1 heterocycles. The van der Waals surface area contributed by atoms with Crippen LogP contribution in [0.25, 0.3) is 32.9 Å². The Bertz CT molecular complexity index is 1170. The van der Waals surface area contributed by atoms with Gasteiger partial charge in [0.1, 0.15) is 0 Å². The Morgan fingerprint density at radius 1 is 0.926 bits per heavy atom. The Balaban J connectivity index is 1.95. The average molecular weight is 355 g/mol. The molecule has 0 amide bonds. The van der Waals surface area contributed by atoms with Crippen molar-refractivity contribution >= 4 is 27.6 Å². The van der Waals surface area contributed by atoms with E-state index >= 15 is 0 Å². The number of hydrogen-bond donors (Lipinski definition) is 1. The number of nitrogens with zero attached hydrogens (tertiary/aromatic N) is 1. The van der Waals surface area contributed by atoms with Gasteiger partial charge in [-0.25, -0.2) is 9.78 Å². The molecule has 1 aromatic heterocycles. The summed E-state index contributed by atoms with van der Waals surface area (Å²) < 4.78 is 0. The molecule has 134 valence electrons. The molecule has 4 rings (SSSR count). The SMILES string of the molecule is CC(C)(C)c1ccc(-c2cc(C(=O)O)c3c(ccc4ccccc43)n2)cc1. The number of carbonyl (C=O) groups is 1. The molecule has 0 aliphatic heterocycles. The standard InChI is InChI=1S/C24H21NO2/c1-24(2,3)17-11-8-16(9-12-17)21-14-19(23(26)27)22-18-7-5-4-6-15(18)10-13-20(22)25-21/h4-14H,1-3H3,(H,26,27). The van der Waals surface area contributed by atoms with Crippen molar-refractivity contribution in [1.29, 1.82) is 0 Å². The quantitative estimate of drug-likeness (QED) is 0.445. The molecule has 0 atom stereocenters. The van der Waals surface area contributed by atoms with Gasteiger partial charge in [0.05, 0.1) is 16.8 Å².